The summed E-state index contributed by atoms with van der Waals surface area (Å²) in [6.45, 7) is 9.30. The Morgan fingerprint density at radius 3 is 1.31 bits per heavy atom. The number of rotatable bonds is 22. The third kappa shape index (κ3) is 11.6. The summed E-state index contributed by atoms with van der Waals surface area (Å²) in [5.74, 6) is 6.12. The van der Waals surface area contributed by atoms with Gasteiger partial charge in [0.1, 0.15) is 25.6 Å². The van der Waals surface area contributed by atoms with Crippen molar-refractivity contribution in [2.24, 2.45) is 0 Å². The summed E-state index contributed by atoms with van der Waals surface area (Å²) in [7, 11) is 0. The number of aliphatic hydroxyl groups is 1. The minimum absolute atomic E-state index is 0.151. The number of aryl methyl sites for hydroxylation is 2. The second kappa shape index (κ2) is 22.4. The van der Waals surface area contributed by atoms with E-state index in [1.807, 2.05) is 0 Å². The van der Waals surface area contributed by atoms with Crippen molar-refractivity contribution in [3.63, 3.8) is 0 Å². The van der Waals surface area contributed by atoms with Gasteiger partial charge in [-0.2, -0.15) is 0 Å². The number of benzene rings is 5. The Kier molecular flexibility index (Phi) is 16.8. The molecule has 5 aromatic rings. The minimum atomic E-state index is -0.497. The molecule has 0 bridgehead atoms. The van der Waals surface area contributed by atoms with Crippen LogP contribution in [0.25, 0.3) is 0 Å². The molecule has 7 nitrogen and oxygen atoms in total. The maximum atomic E-state index is 8.59. The second-order valence-corrected chi connectivity index (χ2v) is 12.8. The molecule has 0 fully saturated rings. The minimum Gasteiger partial charge on any atom is -0.491 e. The molecule has 0 aliphatic rings. The van der Waals surface area contributed by atoms with Gasteiger partial charge in [0.05, 0.1) is 64.9 Å². The third-order valence-electron chi connectivity index (χ3n) is 9.04. The summed E-state index contributed by atoms with van der Waals surface area (Å²) >= 11 is 0. The van der Waals surface area contributed by atoms with Gasteiger partial charge >= 0.3 is 0 Å². The summed E-state index contributed by atoms with van der Waals surface area (Å²) in [5, 5.41) is 8.59. The van der Waals surface area contributed by atoms with E-state index in [0.29, 0.717) is 72.7 Å². The van der Waals surface area contributed by atoms with Gasteiger partial charge in [-0.1, -0.05) is 139 Å². The summed E-state index contributed by atoms with van der Waals surface area (Å²) < 4.78 is 34.5. The van der Waals surface area contributed by atoms with E-state index in [9.17, 15) is 0 Å². The predicted molar refractivity (Wildman–Crippen MR) is 213 cm³/mol. The van der Waals surface area contributed by atoms with Gasteiger partial charge in [0.2, 0.25) is 0 Å². The van der Waals surface area contributed by atoms with E-state index < -0.39 is 5.41 Å². The second-order valence-electron chi connectivity index (χ2n) is 12.8. The van der Waals surface area contributed by atoms with E-state index >= 15 is 0 Å². The van der Waals surface area contributed by atoms with Crippen LogP contribution in [0.1, 0.15) is 44.5 Å². The van der Waals surface area contributed by atoms with E-state index in [2.05, 4.69) is 153 Å². The number of hydrogen-bond acceptors (Lipinski definition) is 7. The van der Waals surface area contributed by atoms with Crippen LogP contribution < -0.4 is 4.74 Å². The molecule has 54 heavy (non-hydrogen) atoms. The predicted octanol–water partition coefficient (Wildman–Crippen LogP) is 7.84. The topological polar surface area (TPSA) is 75.6 Å². The van der Waals surface area contributed by atoms with Crippen molar-refractivity contribution in [1.82, 2.24) is 0 Å². The first-order valence-corrected chi connectivity index (χ1v) is 18.6. The zero-order chi connectivity index (χ0) is 37.7. The Morgan fingerprint density at radius 1 is 0.463 bits per heavy atom. The molecule has 0 amide bonds. The lowest BCUT2D eigenvalue weighted by Gasteiger charge is -2.37. The molecule has 0 unspecified atom stereocenters. The zero-order valence-corrected chi connectivity index (χ0v) is 31.5. The van der Waals surface area contributed by atoms with Crippen LogP contribution in [0.2, 0.25) is 0 Å². The van der Waals surface area contributed by atoms with Crippen molar-refractivity contribution in [1.29, 1.82) is 0 Å². The van der Waals surface area contributed by atoms with Crippen molar-refractivity contribution in [2.75, 3.05) is 66.1 Å². The lowest BCUT2D eigenvalue weighted by atomic mass is 9.64. The maximum absolute atomic E-state index is 8.59. The van der Waals surface area contributed by atoms with Crippen LogP contribution in [-0.4, -0.2) is 71.2 Å². The van der Waals surface area contributed by atoms with Gasteiger partial charge in [0.15, 0.2) is 0 Å². The highest BCUT2D eigenvalue weighted by Gasteiger charge is 2.38. The van der Waals surface area contributed by atoms with E-state index in [1.54, 1.807) is 0 Å². The summed E-state index contributed by atoms with van der Waals surface area (Å²) in [5.41, 5.74) is 8.72. The number of hydrogen-bond donors (Lipinski definition) is 1. The zero-order valence-electron chi connectivity index (χ0n) is 31.5. The molecule has 0 atom stereocenters. The lowest BCUT2D eigenvalue weighted by Crippen LogP contribution is -2.31. The molecular weight excluding hydrogens is 677 g/mol. The van der Waals surface area contributed by atoms with Crippen molar-refractivity contribution < 1.29 is 33.5 Å². The Morgan fingerprint density at radius 2 is 0.870 bits per heavy atom. The molecule has 5 rings (SSSR count). The van der Waals surface area contributed by atoms with E-state index in [4.69, 9.17) is 33.5 Å². The van der Waals surface area contributed by atoms with Crippen LogP contribution in [0.15, 0.2) is 127 Å². The number of ether oxygens (including phenoxy) is 6. The summed E-state index contributed by atoms with van der Waals surface area (Å²) in [4.78, 5) is 0. The van der Waals surface area contributed by atoms with Crippen LogP contribution >= 0.6 is 0 Å². The standard InChI is InChI=1S/C47H52O7/c1-38-34-45(47(42-14-6-3-7-15-42,43-16-8-4-9-17-43)44-18-10-5-11-19-44)35-39(2)46(38)54-33-32-51-29-31-53-37-41-22-20-40(21-23-41)36-52-30-28-50-27-26-49-25-13-12-24-48/h3-11,14-23,34-35,48H,24-33,36-37H2,1-2H3. The highest BCUT2D eigenvalue weighted by Crippen LogP contribution is 2.46. The van der Waals surface area contributed by atoms with Crippen molar-refractivity contribution in [3.8, 4) is 17.6 Å². The molecule has 282 valence electrons. The average molecular weight is 729 g/mol. The van der Waals surface area contributed by atoms with Gasteiger partial charge in [0.25, 0.3) is 0 Å². The Balaban J connectivity index is 1.04. The first-order valence-electron chi connectivity index (χ1n) is 18.6. The van der Waals surface area contributed by atoms with Crippen molar-refractivity contribution in [2.45, 2.75) is 32.5 Å². The van der Waals surface area contributed by atoms with Crippen LogP contribution in [-0.2, 0) is 42.3 Å². The molecule has 0 radical (unpaired) electrons. The van der Waals surface area contributed by atoms with Crippen molar-refractivity contribution in [3.05, 3.63) is 172 Å². The largest absolute Gasteiger partial charge is 0.491 e. The molecule has 1 N–H and O–H groups in total. The Hall–Kier alpha value is -4.78. The van der Waals surface area contributed by atoms with Crippen molar-refractivity contribution >= 4 is 0 Å². The SMILES string of the molecule is Cc1cc(C(c2ccccc2)(c2ccccc2)c2ccccc2)cc(C)c1OCCOCCOCc1ccc(COCCOCCOCC#CCO)cc1. The van der Waals surface area contributed by atoms with E-state index in [-0.39, 0.29) is 6.61 Å². The normalized spacial score (nSPS) is 11.2. The molecule has 0 aliphatic carbocycles. The Labute approximate surface area is 320 Å². The third-order valence-corrected chi connectivity index (χ3v) is 9.04. The summed E-state index contributed by atoms with van der Waals surface area (Å²) in [6.07, 6.45) is 0. The molecule has 0 aromatic heterocycles. The molecular formula is C47H52O7. The van der Waals surface area contributed by atoms with Crippen LogP contribution in [0.4, 0.5) is 0 Å². The van der Waals surface area contributed by atoms with Gasteiger partial charge in [0, 0.05) is 0 Å². The van der Waals surface area contributed by atoms with Gasteiger partial charge in [-0.05, 0) is 58.4 Å². The lowest BCUT2D eigenvalue weighted by molar-refractivity contribution is 0.0158. The molecule has 0 heterocycles. The molecule has 7 heteroatoms. The molecule has 0 spiro atoms. The highest BCUT2D eigenvalue weighted by molar-refractivity contribution is 5.62. The highest BCUT2D eigenvalue weighted by atomic mass is 16.5. The van der Waals surface area contributed by atoms with Gasteiger partial charge < -0.3 is 33.5 Å². The van der Waals surface area contributed by atoms with Crippen LogP contribution in [0.5, 0.6) is 5.75 Å². The van der Waals surface area contributed by atoms with Crippen LogP contribution in [0.3, 0.4) is 0 Å². The average Bonchev–Trinajstić information content (AvgIpc) is 3.21. The Bertz CT molecular complexity index is 1730. The van der Waals surface area contributed by atoms with Gasteiger partial charge in [-0.3, -0.25) is 0 Å². The summed E-state index contributed by atoms with van der Waals surface area (Å²) in [6, 6.07) is 45.1. The fourth-order valence-corrected chi connectivity index (χ4v) is 6.56. The molecule has 0 aliphatic heterocycles. The first kappa shape index (κ1) is 40.4. The molecule has 5 aromatic carbocycles. The van der Waals surface area contributed by atoms with E-state index in [0.717, 1.165) is 28.0 Å². The van der Waals surface area contributed by atoms with Gasteiger partial charge in [-0.15, -0.1) is 0 Å². The first-order chi connectivity index (χ1) is 26.6. The van der Waals surface area contributed by atoms with Gasteiger partial charge in [-0.25, -0.2) is 0 Å². The fourth-order valence-electron chi connectivity index (χ4n) is 6.56. The smallest absolute Gasteiger partial charge is 0.125 e. The monoisotopic (exact) mass is 728 g/mol. The fraction of sp³-hybridized carbons (Fsp3) is 0.319. The maximum Gasteiger partial charge on any atom is 0.125 e. The van der Waals surface area contributed by atoms with Crippen LogP contribution in [0, 0.1) is 25.7 Å². The quantitative estimate of drug-likeness (QED) is 0.0442. The van der Waals surface area contributed by atoms with E-state index in [1.165, 1.54) is 22.3 Å². The number of aliphatic hydroxyl groups excluding tert-OH is 1. The molecule has 0 saturated carbocycles. The molecule has 0 saturated heterocycles.